The summed E-state index contributed by atoms with van der Waals surface area (Å²) in [6.45, 7) is 3.90. The fraction of sp³-hybridized carbons (Fsp3) is 0.200. The van der Waals surface area contributed by atoms with E-state index in [1.165, 1.54) is 0 Å². The maximum absolute atomic E-state index is 12.2. The Kier molecular flexibility index (Phi) is 6.06. The Morgan fingerprint density at radius 3 is 2.56 bits per heavy atom. The van der Waals surface area contributed by atoms with E-state index in [9.17, 15) is 4.79 Å². The summed E-state index contributed by atoms with van der Waals surface area (Å²) in [6, 6.07) is 10.6. The number of benzene rings is 2. The molecule has 1 aliphatic heterocycles. The molecule has 2 aromatic rings. The Morgan fingerprint density at radius 1 is 1.22 bits per heavy atom. The maximum Gasteiger partial charge on any atom is 0.363 e. The van der Waals surface area contributed by atoms with E-state index in [0.717, 1.165) is 9.13 Å². The molecule has 0 saturated heterocycles. The molecule has 0 saturated carbocycles. The molecule has 0 bridgehead atoms. The molecule has 2 aromatic carbocycles. The van der Waals surface area contributed by atoms with Gasteiger partial charge in [0.25, 0.3) is 0 Å². The fourth-order valence-electron chi connectivity index (χ4n) is 2.46. The number of halogens is 2. The molecule has 5 nitrogen and oxygen atoms in total. The van der Waals surface area contributed by atoms with Crippen LogP contribution in [0.3, 0.4) is 0 Å². The van der Waals surface area contributed by atoms with Crippen LogP contribution in [0.5, 0.6) is 11.5 Å². The summed E-state index contributed by atoms with van der Waals surface area (Å²) in [5, 5.41) is 0.602. The van der Waals surface area contributed by atoms with E-state index in [-0.39, 0.29) is 17.7 Å². The Labute approximate surface area is 176 Å². The zero-order chi connectivity index (χ0) is 19.6. The van der Waals surface area contributed by atoms with Crippen LogP contribution in [0.1, 0.15) is 25.0 Å². The summed E-state index contributed by atoms with van der Waals surface area (Å²) in [5.74, 6) is 1.02. The van der Waals surface area contributed by atoms with Crippen molar-refractivity contribution in [1.82, 2.24) is 0 Å². The first-order valence-corrected chi connectivity index (χ1v) is 9.65. The molecule has 0 atom stereocenters. The minimum Gasteiger partial charge on any atom is -0.493 e. The molecule has 3 rings (SSSR count). The summed E-state index contributed by atoms with van der Waals surface area (Å²) in [7, 11) is 1.58. The number of esters is 1. The molecule has 0 radical (unpaired) electrons. The van der Waals surface area contributed by atoms with E-state index in [4.69, 9.17) is 25.8 Å². The summed E-state index contributed by atoms with van der Waals surface area (Å²) in [6.07, 6.45) is 1.68. The Bertz CT molecular complexity index is 936. The number of carbonyl (C=O) groups excluding carboxylic acids is 1. The van der Waals surface area contributed by atoms with Crippen molar-refractivity contribution in [3.8, 4) is 11.5 Å². The molecule has 1 heterocycles. The first-order chi connectivity index (χ1) is 12.9. The van der Waals surface area contributed by atoms with Gasteiger partial charge in [0, 0.05) is 10.6 Å². The lowest BCUT2D eigenvalue weighted by atomic mass is 10.1. The lowest BCUT2D eigenvalue weighted by Gasteiger charge is -2.15. The van der Waals surface area contributed by atoms with Crippen LogP contribution < -0.4 is 9.47 Å². The van der Waals surface area contributed by atoms with Crippen LogP contribution in [0.4, 0.5) is 0 Å². The van der Waals surface area contributed by atoms with Gasteiger partial charge in [-0.05, 0) is 84.5 Å². The molecule has 0 unspecified atom stereocenters. The van der Waals surface area contributed by atoms with E-state index in [1.807, 2.05) is 19.9 Å². The number of carbonyl (C=O) groups is 1. The van der Waals surface area contributed by atoms with Gasteiger partial charge >= 0.3 is 5.97 Å². The van der Waals surface area contributed by atoms with Crippen LogP contribution in [0.15, 0.2) is 47.1 Å². The van der Waals surface area contributed by atoms with Gasteiger partial charge in [0.2, 0.25) is 5.90 Å². The molecule has 0 aliphatic carbocycles. The zero-order valence-electron chi connectivity index (χ0n) is 15.0. The van der Waals surface area contributed by atoms with Crippen LogP contribution in [0, 0.1) is 3.57 Å². The predicted molar refractivity (Wildman–Crippen MR) is 114 cm³/mol. The van der Waals surface area contributed by atoms with E-state index < -0.39 is 5.97 Å². The molecular weight excluding hydrogens is 481 g/mol. The standard InChI is InChI=1S/C20H17ClINO4/c1-11(2)26-18-15(22)8-12(10-17(18)25-3)9-16-20(24)27-19(23-16)13-4-6-14(21)7-5-13/h4-11H,1-3H3/b16-9-. The van der Waals surface area contributed by atoms with Gasteiger partial charge in [-0.25, -0.2) is 9.79 Å². The summed E-state index contributed by atoms with van der Waals surface area (Å²) < 4.78 is 17.4. The smallest absolute Gasteiger partial charge is 0.363 e. The average molecular weight is 498 g/mol. The van der Waals surface area contributed by atoms with Gasteiger partial charge in [-0.3, -0.25) is 0 Å². The zero-order valence-corrected chi connectivity index (χ0v) is 17.9. The molecule has 1 aliphatic rings. The first-order valence-electron chi connectivity index (χ1n) is 8.20. The number of rotatable bonds is 5. The number of hydrogen-bond acceptors (Lipinski definition) is 5. The van der Waals surface area contributed by atoms with Gasteiger partial charge in [-0.15, -0.1) is 0 Å². The minimum atomic E-state index is -0.503. The molecule has 27 heavy (non-hydrogen) atoms. The molecule has 0 amide bonds. The third kappa shape index (κ3) is 4.62. The SMILES string of the molecule is COc1cc(/C=C2\N=C(c3ccc(Cl)cc3)OC2=O)cc(I)c1OC(C)C. The molecule has 7 heteroatoms. The minimum absolute atomic E-state index is 0.0213. The molecule has 0 aromatic heterocycles. The highest BCUT2D eigenvalue weighted by atomic mass is 127. The highest BCUT2D eigenvalue weighted by Crippen LogP contribution is 2.35. The van der Waals surface area contributed by atoms with Crippen molar-refractivity contribution in [3.63, 3.8) is 0 Å². The van der Waals surface area contributed by atoms with Crippen LogP contribution in [0.25, 0.3) is 6.08 Å². The van der Waals surface area contributed by atoms with Crippen LogP contribution in [-0.2, 0) is 9.53 Å². The number of hydrogen-bond donors (Lipinski definition) is 0. The summed E-state index contributed by atoms with van der Waals surface area (Å²) in [4.78, 5) is 16.5. The van der Waals surface area contributed by atoms with E-state index in [2.05, 4.69) is 27.6 Å². The third-order valence-electron chi connectivity index (χ3n) is 3.62. The lowest BCUT2D eigenvalue weighted by Crippen LogP contribution is -2.08. The second kappa shape index (κ2) is 8.31. The number of nitrogens with zero attached hydrogens (tertiary/aromatic N) is 1. The predicted octanol–water partition coefficient (Wildman–Crippen LogP) is 5.08. The van der Waals surface area contributed by atoms with E-state index >= 15 is 0 Å². The molecule has 0 spiro atoms. The Morgan fingerprint density at radius 2 is 1.93 bits per heavy atom. The second-order valence-electron chi connectivity index (χ2n) is 6.04. The van der Waals surface area contributed by atoms with Crippen molar-refractivity contribution >= 4 is 52.1 Å². The Balaban J connectivity index is 1.95. The number of ether oxygens (including phenoxy) is 3. The maximum atomic E-state index is 12.2. The molecular formula is C20H17ClINO4. The van der Waals surface area contributed by atoms with Crippen LogP contribution in [-0.4, -0.2) is 25.1 Å². The highest BCUT2D eigenvalue weighted by Gasteiger charge is 2.24. The number of cyclic esters (lactones) is 1. The third-order valence-corrected chi connectivity index (χ3v) is 4.67. The Hall–Kier alpha value is -2.06. The monoisotopic (exact) mass is 497 g/mol. The van der Waals surface area contributed by atoms with Gasteiger partial charge in [-0.1, -0.05) is 11.6 Å². The second-order valence-corrected chi connectivity index (χ2v) is 7.64. The number of aliphatic imine (C=N–C) groups is 1. The average Bonchev–Trinajstić information content (AvgIpc) is 2.98. The quantitative estimate of drug-likeness (QED) is 0.328. The van der Waals surface area contributed by atoms with E-state index in [1.54, 1.807) is 43.5 Å². The summed E-state index contributed by atoms with van der Waals surface area (Å²) >= 11 is 8.07. The van der Waals surface area contributed by atoms with Crippen LogP contribution in [0.2, 0.25) is 5.02 Å². The molecule has 0 fully saturated rings. The topological polar surface area (TPSA) is 57.1 Å². The van der Waals surface area contributed by atoms with Crippen molar-refractivity contribution < 1.29 is 19.0 Å². The molecule has 140 valence electrons. The van der Waals surface area contributed by atoms with Gasteiger partial charge in [0.05, 0.1) is 16.8 Å². The molecule has 0 N–H and O–H groups in total. The van der Waals surface area contributed by atoms with Crippen molar-refractivity contribution in [2.45, 2.75) is 20.0 Å². The van der Waals surface area contributed by atoms with Crippen molar-refractivity contribution in [3.05, 3.63) is 61.8 Å². The largest absolute Gasteiger partial charge is 0.493 e. The van der Waals surface area contributed by atoms with Crippen molar-refractivity contribution in [2.75, 3.05) is 7.11 Å². The van der Waals surface area contributed by atoms with Gasteiger partial charge in [0.15, 0.2) is 17.2 Å². The lowest BCUT2D eigenvalue weighted by molar-refractivity contribution is -0.129. The summed E-state index contributed by atoms with van der Waals surface area (Å²) in [5.41, 5.74) is 1.67. The normalized spacial score (nSPS) is 15.1. The van der Waals surface area contributed by atoms with Crippen LogP contribution >= 0.6 is 34.2 Å². The van der Waals surface area contributed by atoms with Gasteiger partial charge in [0.1, 0.15) is 0 Å². The van der Waals surface area contributed by atoms with Gasteiger partial charge < -0.3 is 14.2 Å². The first kappa shape index (κ1) is 19.7. The number of methoxy groups -OCH3 is 1. The van der Waals surface area contributed by atoms with Gasteiger partial charge in [-0.2, -0.15) is 0 Å². The van der Waals surface area contributed by atoms with Crippen molar-refractivity contribution in [1.29, 1.82) is 0 Å². The fourth-order valence-corrected chi connectivity index (χ4v) is 3.33. The van der Waals surface area contributed by atoms with E-state index in [0.29, 0.717) is 22.1 Å². The van der Waals surface area contributed by atoms with Crippen molar-refractivity contribution in [2.24, 2.45) is 4.99 Å². The highest BCUT2D eigenvalue weighted by molar-refractivity contribution is 14.1.